The van der Waals surface area contributed by atoms with Gasteiger partial charge in [-0.1, -0.05) is 12.1 Å². The van der Waals surface area contributed by atoms with Gasteiger partial charge in [0.05, 0.1) is 18.4 Å². The van der Waals surface area contributed by atoms with Crippen LogP contribution in [0.25, 0.3) is 0 Å². The molecular formula is C24H20FNO5. The molecule has 7 heteroatoms. The summed E-state index contributed by atoms with van der Waals surface area (Å²) in [6.45, 7) is 0.778. The van der Waals surface area contributed by atoms with Crippen molar-refractivity contribution in [3.8, 4) is 23.0 Å². The lowest BCUT2D eigenvalue weighted by atomic mass is 9.98. The van der Waals surface area contributed by atoms with Crippen molar-refractivity contribution in [1.82, 2.24) is 0 Å². The first-order chi connectivity index (χ1) is 15.1. The van der Waals surface area contributed by atoms with Crippen molar-refractivity contribution >= 4 is 11.5 Å². The SMILES string of the molecule is COc1cccc(CCNc2cc3c(cc2F)C(=O)c2cc4c(cc2OC3)OCO4)c1. The first kappa shape index (κ1) is 19.2. The second kappa shape index (κ2) is 7.83. The van der Waals surface area contributed by atoms with E-state index in [0.29, 0.717) is 47.0 Å². The summed E-state index contributed by atoms with van der Waals surface area (Å²) < 4.78 is 36.6. The first-order valence-corrected chi connectivity index (χ1v) is 9.93. The summed E-state index contributed by atoms with van der Waals surface area (Å²) in [5.41, 5.74) is 2.65. The molecule has 0 saturated heterocycles. The molecule has 3 aromatic rings. The zero-order chi connectivity index (χ0) is 21.4. The number of ketones is 1. The highest BCUT2D eigenvalue weighted by atomic mass is 19.1. The van der Waals surface area contributed by atoms with Gasteiger partial charge in [-0.25, -0.2) is 4.39 Å². The van der Waals surface area contributed by atoms with E-state index in [1.54, 1.807) is 25.3 Å². The lowest BCUT2D eigenvalue weighted by Gasteiger charge is -2.12. The van der Waals surface area contributed by atoms with Crippen LogP contribution in [0.1, 0.15) is 27.0 Å². The summed E-state index contributed by atoms with van der Waals surface area (Å²) in [4.78, 5) is 13.1. The molecule has 5 rings (SSSR count). The predicted molar refractivity (Wildman–Crippen MR) is 112 cm³/mol. The highest BCUT2D eigenvalue weighted by Gasteiger charge is 2.28. The number of methoxy groups -OCH3 is 1. The summed E-state index contributed by atoms with van der Waals surface area (Å²) in [6.07, 6.45) is 0.695. The maximum Gasteiger partial charge on any atom is 0.231 e. The Morgan fingerprint density at radius 1 is 1.00 bits per heavy atom. The molecule has 0 bridgehead atoms. The van der Waals surface area contributed by atoms with Crippen LogP contribution in [-0.4, -0.2) is 26.2 Å². The fraction of sp³-hybridized carbons (Fsp3) is 0.208. The Balaban J connectivity index is 1.36. The van der Waals surface area contributed by atoms with Crippen molar-refractivity contribution in [1.29, 1.82) is 0 Å². The highest BCUT2D eigenvalue weighted by molar-refractivity contribution is 6.12. The van der Waals surface area contributed by atoms with E-state index in [1.165, 1.54) is 6.07 Å². The average Bonchev–Trinajstić information content (AvgIpc) is 3.20. The summed E-state index contributed by atoms with van der Waals surface area (Å²) in [5.74, 6) is 1.41. The number of hydrogen-bond acceptors (Lipinski definition) is 6. The van der Waals surface area contributed by atoms with Crippen LogP contribution in [0.5, 0.6) is 23.0 Å². The number of halogens is 1. The molecule has 0 aromatic heterocycles. The maximum atomic E-state index is 14.8. The van der Waals surface area contributed by atoms with E-state index in [4.69, 9.17) is 18.9 Å². The van der Waals surface area contributed by atoms with Crippen molar-refractivity contribution in [2.45, 2.75) is 13.0 Å². The summed E-state index contributed by atoms with van der Waals surface area (Å²) in [5, 5.41) is 3.12. The van der Waals surface area contributed by atoms with Gasteiger partial charge >= 0.3 is 0 Å². The Bertz CT molecular complexity index is 1180. The van der Waals surface area contributed by atoms with E-state index in [2.05, 4.69) is 5.32 Å². The Morgan fingerprint density at radius 3 is 2.68 bits per heavy atom. The average molecular weight is 421 g/mol. The van der Waals surface area contributed by atoms with Crippen LogP contribution in [0, 0.1) is 5.82 Å². The van der Waals surface area contributed by atoms with Crippen LogP contribution >= 0.6 is 0 Å². The van der Waals surface area contributed by atoms with E-state index < -0.39 is 5.82 Å². The van der Waals surface area contributed by atoms with Gasteiger partial charge in [0.25, 0.3) is 0 Å². The van der Waals surface area contributed by atoms with E-state index >= 15 is 0 Å². The van der Waals surface area contributed by atoms with Crippen LogP contribution in [0.4, 0.5) is 10.1 Å². The Morgan fingerprint density at radius 2 is 1.84 bits per heavy atom. The van der Waals surface area contributed by atoms with Gasteiger partial charge in [-0.3, -0.25) is 4.79 Å². The van der Waals surface area contributed by atoms with Gasteiger partial charge < -0.3 is 24.3 Å². The van der Waals surface area contributed by atoms with Crippen LogP contribution in [-0.2, 0) is 13.0 Å². The van der Waals surface area contributed by atoms with Crippen LogP contribution in [0.15, 0.2) is 48.5 Å². The molecule has 0 radical (unpaired) electrons. The minimum atomic E-state index is -0.484. The van der Waals surface area contributed by atoms with Crippen molar-refractivity contribution in [3.63, 3.8) is 0 Å². The fourth-order valence-electron chi connectivity index (χ4n) is 3.77. The number of ether oxygens (including phenoxy) is 4. The van der Waals surface area contributed by atoms with Gasteiger partial charge in [0.1, 0.15) is 23.9 Å². The topological polar surface area (TPSA) is 66.0 Å². The predicted octanol–water partition coefficient (Wildman–Crippen LogP) is 4.34. The van der Waals surface area contributed by atoms with E-state index in [9.17, 15) is 9.18 Å². The highest BCUT2D eigenvalue weighted by Crippen LogP contribution is 2.41. The van der Waals surface area contributed by atoms with Gasteiger partial charge in [-0.15, -0.1) is 0 Å². The second-order valence-electron chi connectivity index (χ2n) is 7.34. The summed E-state index contributed by atoms with van der Waals surface area (Å²) >= 11 is 0. The molecule has 2 aliphatic rings. The van der Waals surface area contributed by atoms with Crippen molar-refractivity contribution in [2.24, 2.45) is 0 Å². The van der Waals surface area contributed by atoms with Gasteiger partial charge in [-0.05, 0) is 42.3 Å². The van der Waals surface area contributed by atoms with Gasteiger partial charge in [-0.2, -0.15) is 0 Å². The largest absolute Gasteiger partial charge is 0.497 e. The molecule has 2 aliphatic heterocycles. The van der Waals surface area contributed by atoms with Crippen LogP contribution in [0.3, 0.4) is 0 Å². The summed E-state index contributed by atoms with van der Waals surface area (Å²) in [7, 11) is 1.62. The van der Waals surface area contributed by atoms with Crippen molar-refractivity contribution in [3.05, 3.63) is 76.6 Å². The quantitative estimate of drug-likeness (QED) is 0.661. The van der Waals surface area contributed by atoms with Gasteiger partial charge in [0, 0.05) is 23.7 Å². The molecule has 1 N–H and O–H groups in total. The number of anilines is 1. The molecule has 0 atom stereocenters. The fourth-order valence-corrected chi connectivity index (χ4v) is 3.77. The number of nitrogens with one attached hydrogen (secondary N) is 1. The Kier molecular flexibility index (Phi) is 4.86. The lowest BCUT2D eigenvalue weighted by Crippen LogP contribution is -2.10. The van der Waals surface area contributed by atoms with E-state index in [1.807, 2.05) is 24.3 Å². The van der Waals surface area contributed by atoms with E-state index in [-0.39, 0.29) is 24.7 Å². The van der Waals surface area contributed by atoms with Crippen LogP contribution < -0.4 is 24.3 Å². The molecule has 0 aliphatic carbocycles. The number of carbonyl (C=O) groups excluding carboxylic acids is 1. The van der Waals surface area contributed by atoms with Crippen molar-refractivity contribution < 1.29 is 28.1 Å². The van der Waals surface area contributed by atoms with Crippen molar-refractivity contribution in [2.75, 3.05) is 25.8 Å². The van der Waals surface area contributed by atoms with Gasteiger partial charge in [0.15, 0.2) is 17.3 Å². The first-order valence-electron chi connectivity index (χ1n) is 9.93. The third-order valence-electron chi connectivity index (χ3n) is 5.40. The standard InChI is InChI=1S/C24H20FNO5/c1-28-16-4-2-3-14(7-16)5-6-26-20-8-15-12-29-21-11-23-22(30-13-31-23)10-18(21)24(27)17(15)9-19(20)25/h2-4,7-11,26H,5-6,12-13H2,1H3. The molecular weight excluding hydrogens is 401 g/mol. The number of fused-ring (bicyclic) bond motifs is 3. The lowest BCUT2D eigenvalue weighted by molar-refractivity contribution is 0.103. The second-order valence-corrected chi connectivity index (χ2v) is 7.34. The normalized spacial score (nSPS) is 13.7. The van der Waals surface area contributed by atoms with Crippen LogP contribution in [0.2, 0.25) is 0 Å². The van der Waals surface area contributed by atoms with E-state index in [0.717, 1.165) is 11.3 Å². The number of hydrogen-bond donors (Lipinski definition) is 1. The molecule has 158 valence electrons. The molecule has 0 spiro atoms. The molecule has 6 nitrogen and oxygen atoms in total. The summed E-state index contributed by atoms with van der Waals surface area (Å²) in [6, 6.07) is 13.9. The monoisotopic (exact) mass is 421 g/mol. The Labute approximate surface area is 178 Å². The Hall–Kier alpha value is -3.74. The molecule has 31 heavy (non-hydrogen) atoms. The number of carbonyl (C=O) groups is 1. The smallest absolute Gasteiger partial charge is 0.231 e. The third-order valence-corrected chi connectivity index (χ3v) is 5.40. The minimum Gasteiger partial charge on any atom is -0.497 e. The zero-order valence-electron chi connectivity index (χ0n) is 16.9. The molecule has 0 saturated carbocycles. The molecule has 0 amide bonds. The number of benzene rings is 3. The molecule has 0 unspecified atom stereocenters. The number of rotatable bonds is 5. The minimum absolute atomic E-state index is 0.0996. The van der Waals surface area contributed by atoms with Gasteiger partial charge in [0.2, 0.25) is 6.79 Å². The zero-order valence-corrected chi connectivity index (χ0v) is 16.9. The maximum absolute atomic E-state index is 14.8. The molecule has 2 heterocycles. The molecule has 0 fully saturated rings. The third kappa shape index (κ3) is 3.63. The molecule has 3 aromatic carbocycles.